The Balaban J connectivity index is 1.97. The molecule has 1 aromatic rings. The molecule has 2 rings (SSSR count). The number of hydrogen-bond donors (Lipinski definition) is 1. The predicted octanol–water partition coefficient (Wildman–Crippen LogP) is 6.30. The topological polar surface area (TPSA) is 12.0 Å². The van der Waals surface area contributed by atoms with Crippen molar-refractivity contribution in [2.75, 3.05) is 0 Å². The van der Waals surface area contributed by atoms with Crippen molar-refractivity contribution in [3.8, 4) is 0 Å². The van der Waals surface area contributed by atoms with E-state index in [0.717, 1.165) is 12.0 Å². The van der Waals surface area contributed by atoms with Gasteiger partial charge in [-0.2, -0.15) is 0 Å². The Morgan fingerprint density at radius 3 is 2.60 bits per heavy atom. The second-order valence-electron chi connectivity index (χ2n) is 5.14. The molecule has 1 N–H and O–H groups in total. The molecule has 0 spiro atoms. The Kier molecular flexibility index (Phi) is 6.60. The molecule has 1 nitrogen and oxygen atoms in total. The highest BCUT2D eigenvalue weighted by molar-refractivity contribution is 7.97. The summed E-state index contributed by atoms with van der Waals surface area (Å²) in [6, 6.07) is 6.36. The van der Waals surface area contributed by atoms with Crippen molar-refractivity contribution >= 4 is 40.2 Å². The van der Waals surface area contributed by atoms with E-state index in [9.17, 15) is 0 Å². The summed E-state index contributed by atoms with van der Waals surface area (Å²) >= 11 is 14.0. The van der Waals surface area contributed by atoms with Gasteiger partial charge in [0.05, 0.1) is 5.03 Å². The number of halogens is 2. The summed E-state index contributed by atoms with van der Waals surface area (Å²) in [4.78, 5) is 1.17. The van der Waals surface area contributed by atoms with Crippen LogP contribution < -0.4 is 4.72 Å². The molecule has 1 heterocycles. The lowest BCUT2D eigenvalue weighted by molar-refractivity contribution is 0.607. The van der Waals surface area contributed by atoms with Gasteiger partial charge in [0.2, 0.25) is 0 Å². The molecule has 1 aliphatic heterocycles. The second-order valence-corrected chi connectivity index (χ2v) is 6.74. The van der Waals surface area contributed by atoms with Gasteiger partial charge in [-0.15, -0.1) is 0 Å². The molecule has 20 heavy (non-hydrogen) atoms. The number of rotatable bonds is 7. The molecular formula is C16H21Cl2NS. The maximum Gasteiger partial charge on any atom is 0.131 e. The van der Waals surface area contributed by atoms with Gasteiger partial charge in [0, 0.05) is 10.5 Å². The van der Waals surface area contributed by atoms with Crippen molar-refractivity contribution in [3.05, 3.63) is 34.5 Å². The zero-order valence-electron chi connectivity index (χ0n) is 11.8. The van der Waals surface area contributed by atoms with E-state index in [1.54, 1.807) is 11.9 Å². The van der Waals surface area contributed by atoms with E-state index >= 15 is 0 Å². The third-order valence-electron chi connectivity index (χ3n) is 3.57. The number of fused-ring (bicyclic) bond motifs is 1. The second kappa shape index (κ2) is 8.21. The fourth-order valence-electron chi connectivity index (χ4n) is 2.47. The highest BCUT2D eigenvalue weighted by Gasteiger charge is 2.19. The Bertz CT molecular complexity index is 485. The molecular weight excluding hydrogens is 309 g/mol. The zero-order chi connectivity index (χ0) is 14.4. The molecule has 4 heteroatoms. The summed E-state index contributed by atoms with van der Waals surface area (Å²) in [6.45, 7) is 2.25. The Morgan fingerprint density at radius 1 is 1.05 bits per heavy atom. The van der Waals surface area contributed by atoms with Crippen molar-refractivity contribution < 1.29 is 0 Å². The molecule has 0 bridgehead atoms. The predicted molar refractivity (Wildman–Crippen MR) is 91.1 cm³/mol. The quantitative estimate of drug-likeness (QED) is 0.357. The fourth-order valence-corrected chi connectivity index (χ4v) is 3.85. The molecule has 0 aliphatic carbocycles. The largest absolute Gasteiger partial charge is 0.315 e. The SMILES string of the molecule is CCCCCCCCc1cccc2c1C(Cl)=C(Cl)NS2. The summed E-state index contributed by atoms with van der Waals surface area (Å²) < 4.78 is 3.04. The summed E-state index contributed by atoms with van der Waals surface area (Å²) in [5, 5.41) is 1.20. The van der Waals surface area contributed by atoms with Gasteiger partial charge in [0.1, 0.15) is 5.16 Å². The van der Waals surface area contributed by atoms with Crippen LogP contribution >= 0.6 is 35.1 Å². The first kappa shape index (κ1) is 16.1. The van der Waals surface area contributed by atoms with Crippen LogP contribution in [0, 0.1) is 0 Å². The Morgan fingerprint density at radius 2 is 1.80 bits per heavy atom. The zero-order valence-corrected chi connectivity index (χ0v) is 14.2. The van der Waals surface area contributed by atoms with Crippen LogP contribution in [0.4, 0.5) is 0 Å². The highest BCUT2D eigenvalue weighted by atomic mass is 35.5. The maximum absolute atomic E-state index is 6.36. The van der Waals surface area contributed by atoms with E-state index < -0.39 is 0 Å². The van der Waals surface area contributed by atoms with Crippen molar-refractivity contribution in [1.29, 1.82) is 0 Å². The van der Waals surface area contributed by atoms with E-state index in [1.807, 2.05) is 0 Å². The normalized spacial score (nSPS) is 14.2. The van der Waals surface area contributed by atoms with Crippen LogP contribution in [0.1, 0.15) is 56.6 Å². The van der Waals surface area contributed by atoms with Gasteiger partial charge in [0.15, 0.2) is 0 Å². The minimum absolute atomic E-state index is 0.541. The van der Waals surface area contributed by atoms with Crippen LogP contribution in [-0.4, -0.2) is 0 Å². The van der Waals surface area contributed by atoms with Crippen LogP contribution in [0.2, 0.25) is 0 Å². The maximum atomic E-state index is 6.36. The fraction of sp³-hybridized carbons (Fsp3) is 0.500. The van der Waals surface area contributed by atoms with Gasteiger partial charge in [-0.05, 0) is 36.4 Å². The first-order chi connectivity index (χ1) is 9.74. The lowest BCUT2D eigenvalue weighted by Gasteiger charge is -2.20. The third kappa shape index (κ3) is 4.09. The van der Waals surface area contributed by atoms with Crippen LogP contribution in [0.5, 0.6) is 0 Å². The van der Waals surface area contributed by atoms with Crippen molar-refractivity contribution in [3.63, 3.8) is 0 Å². The van der Waals surface area contributed by atoms with Gasteiger partial charge in [-0.3, -0.25) is 0 Å². The molecule has 0 aromatic heterocycles. The lowest BCUT2D eigenvalue weighted by Crippen LogP contribution is -2.08. The van der Waals surface area contributed by atoms with E-state index in [1.165, 1.54) is 49.0 Å². The van der Waals surface area contributed by atoms with Crippen LogP contribution in [0.25, 0.3) is 5.03 Å². The van der Waals surface area contributed by atoms with E-state index in [0.29, 0.717) is 10.2 Å². The average molecular weight is 330 g/mol. The van der Waals surface area contributed by atoms with Gasteiger partial charge in [0.25, 0.3) is 0 Å². The molecule has 110 valence electrons. The first-order valence-corrected chi connectivity index (χ1v) is 8.91. The smallest absolute Gasteiger partial charge is 0.131 e. The first-order valence-electron chi connectivity index (χ1n) is 7.34. The van der Waals surface area contributed by atoms with Crippen molar-refractivity contribution in [2.24, 2.45) is 0 Å². The third-order valence-corrected chi connectivity index (χ3v) is 5.31. The van der Waals surface area contributed by atoms with Crippen molar-refractivity contribution in [2.45, 2.75) is 56.8 Å². The molecule has 0 saturated heterocycles. The average Bonchev–Trinajstić information content (AvgIpc) is 2.46. The molecule has 1 aromatic carbocycles. The standard InChI is InChI=1S/C16H21Cl2NS/c1-2-3-4-5-6-7-9-12-10-8-11-13-14(12)15(17)16(18)19-20-13/h8,10-11,19H,2-7,9H2,1H3. The molecule has 1 aliphatic rings. The van der Waals surface area contributed by atoms with Crippen molar-refractivity contribution in [1.82, 2.24) is 4.72 Å². The Labute approximate surface area is 136 Å². The summed E-state index contributed by atoms with van der Waals surface area (Å²) in [6.07, 6.45) is 8.95. The molecule has 0 unspecified atom stereocenters. The Hall–Kier alpha value is -0.310. The van der Waals surface area contributed by atoms with Gasteiger partial charge < -0.3 is 4.72 Å². The molecule has 0 fully saturated rings. The van der Waals surface area contributed by atoms with Crippen LogP contribution in [0.15, 0.2) is 28.3 Å². The lowest BCUT2D eigenvalue weighted by atomic mass is 10.00. The molecule has 0 atom stereocenters. The van der Waals surface area contributed by atoms with Gasteiger partial charge in [-0.1, -0.05) is 74.4 Å². The highest BCUT2D eigenvalue weighted by Crippen LogP contribution is 2.39. The molecule has 0 amide bonds. The minimum atomic E-state index is 0.541. The number of unbranched alkanes of at least 4 members (excludes halogenated alkanes) is 5. The minimum Gasteiger partial charge on any atom is -0.315 e. The van der Waals surface area contributed by atoms with Crippen LogP contribution in [-0.2, 0) is 6.42 Å². The van der Waals surface area contributed by atoms with E-state index in [4.69, 9.17) is 23.2 Å². The van der Waals surface area contributed by atoms with Crippen LogP contribution in [0.3, 0.4) is 0 Å². The summed E-state index contributed by atoms with van der Waals surface area (Å²) in [5.41, 5.74) is 2.44. The number of benzene rings is 1. The van der Waals surface area contributed by atoms with E-state index in [-0.39, 0.29) is 0 Å². The van der Waals surface area contributed by atoms with Gasteiger partial charge in [-0.25, -0.2) is 0 Å². The van der Waals surface area contributed by atoms with Gasteiger partial charge >= 0.3 is 0 Å². The number of hydrogen-bond acceptors (Lipinski definition) is 2. The summed E-state index contributed by atoms with van der Waals surface area (Å²) in [5.74, 6) is 0. The summed E-state index contributed by atoms with van der Waals surface area (Å²) in [7, 11) is 0. The molecule has 0 radical (unpaired) electrons. The monoisotopic (exact) mass is 329 g/mol. The molecule has 0 saturated carbocycles. The number of aryl methyl sites for hydroxylation is 1. The number of nitrogens with one attached hydrogen (secondary N) is 1. The van der Waals surface area contributed by atoms with E-state index in [2.05, 4.69) is 29.8 Å².